The molecule has 4 heterocycles. The van der Waals surface area contributed by atoms with Crippen LogP contribution in [0.5, 0.6) is 0 Å². The highest BCUT2D eigenvalue weighted by atomic mass is 79.9. The van der Waals surface area contributed by atoms with Crippen LogP contribution in [0.1, 0.15) is 22.8 Å². The molecular weight excluding hydrogens is 388 g/mol. The number of aliphatic hydroxyl groups excluding tert-OH is 1. The Morgan fingerprint density at radius 3 is 2.92 bits per heavy atom. The van der Waals surface area contributed by atoms with E-state index in [1.165, 1.54) is 0 Å². The molecule has 124 valence electrons. The number of hydrogen-bond acceptors (Lipinski definition) is 5. The summed E-state index contributed by atoms with van der Waals surface area (Å²) in [6.07, 6.45) is -1.43. The molecule has 2 aromatic heterocycles. The van der Waals surface area contributed by atoms with Gasteiger partial charge in [-0.2, -0.15) is 0 Å². The SMILES string of the molecule is O=C1OCc2c(cc3n(c2=O)Cc2cc4cc(Br)ccc4nc2-3)C1O. The van der Waals surface area contributed by atoms with Gasteiger partial charge in [0.1, 0.15) is 6.61 Å². The predicted molar refractivity (Wildman–Crippen MR) is 93.0 cm³/mol. The first-order valence-corrected chi connectivity index (χ1v) is 8.53. The minimum absolute atomic E-state index is 0.108. The van der Waals surface area contributed by atoms with Crippen LogP contribution in [0.2, 0.25) is 0 Å². The molecular formula is C18H11BrN2O4. The average molecular weight is 399 g/mol. The number of ether oxygens (including phenoxy) is 1. The third-order valence-electron chi connectivity index (χ3n) is 4.74. The second-order valence-corrected chi connectivity index (χ2v) is 7.11. The molecule has 0 saturated carbocycles. The van der Waals surface area contributed by atoms with E-state index in [9.17, 15) is 14.7 Å². The molecule has 0 radical (unpaired) electrons. The molecule has 1 unspecified atom stereocenters. The number of carbonyl (C=O) groups excluding carboxylic acids is 1. The molecule has 0 bridgehead atoms. The number of benzene rings is 1. The van der Waals surface area contributed by atoms with Crippen LogP contribution in [0, 0.1) is 0 Å². The summed E-state index contributed by atoms with van der Waals surface area (Å²) in [5.41, 5.74) is 3.49. The zero-order valence-electron chi connectivity index (χ0n) is 12.8. The van der Waals surface area contributed by atoms with E-state index in [4.69, 9.17) is 9.72 Å². The summed E-state index contributed by atoms with van der Waals surface area (Å²) in [6.45, 7) is 0.305. The first kappa shape index (κ1) is 14.8. The van der Waals surface area contributed by atoms with E-state index in [0.29, 0.717) is 29.1 Å². The van der Waals surface area contributed by atoms with Crippen molar-refractivity contribution in [3.63, 3.8) is 0 Å². The second-order valence-electron chi connectivity index (χ2n) is 6.20. The predicted octanol–water partition coefficient (Wildman–Crippen LogP) is 2.28. The summed E-state index contributed by atoms with van der Waals surface area (Å²) in [5, 5.41) is 11.1. The van der Waals surface area contributed by atoms with Crippen molar-refractivity contribution in [2.24, 2.45) is 0 Å². The molecule has 2 aliphatic heterocycles. The van der Waals surface area contributed by atoms with Crippen molar-refractivity contribution in [3.8, 4) is 11.4 Å². The number of hydrogen-bond donors (Lipinski definition) is 1. The summed E-state index contributed by atoms with van der Waals surface area (Å²) in [7, 11) is 0. The number of nitrogens with zero attached hydrogens (tertiary/aromatic N) is 2. The lowest BCUT2D eigenvalue weighted by molar-refractivity contribution is -0.157. The Morgan fingerprint density at radius 1 is 1.24 bits per heavy atom. The van der Waals surface area contributed by atoms with E-state index in [1.54, 1.807) is 10.6 Å². The van der Waals surface area contributed by atoms with E-state index in [-0.39, 0.29) is 12.2 Å². The summed E-state index contributed by atoms with van der Waals surface area (Å²) in [4.78, 5) is 29.1. The fourth-order valence-electron chi connectivity index (χ4n) is 3.50. The number of halogens is 1. The van der Waals surface area contributed by atoms with Gasteiger partial charge < -0.3 is 14.4 Å². The van der Waals surface area contributed by atoms with Crippen molar-refractivity contribution in [3.05, 3.63) is 61.8 Å². The average Bonchev–Trinajstić information content (AvgIpc) is 2.95. The van der Waals surface area contributed by atoms with Crippen LogP contribution >= 0.6 is 15.9 Å². The zero-order valence-corrected chi connectivity index (χ0v) is 14.4. The summed E-state index contributed by atoms with van der Waals surface area (Å²) < 4.78 is 7.47. The topological polar surface area (TPSA) is 81.4 Å². The Labute approximate surface area is 149 Å². The van der Waals surface area contributed by atoms with Gasteiger partial charge in [-0.15, -0.1) is 0 Å². The third kappa shape index (κ3) is 2.03. The molecule has 1 aromatic carbocycles. The monoisotopic (exact) mass is 398 g/mol. The van der Waals surface area contributed by atoms with Crippen molar-refractivity contribution in [1.29, 1.82) is 0 Å². The van der Waals surface area contributed by atoms with Crippen LogP contribution in [0.15, 0.2) is 39.6 Å². The minimum atomic E-state index is -1.43. The Balaban J connectivity index is 1.78. The highest BCUT2D eigenvalue weighted by Gasteiger charge is 2.33. The Hall–Kier alpha value is -2.51. The maximum Gasteiger partial charge on any atom is 0.340 e. The number of esters is 1. The fraction of sp³-hybridized carbons (Fsp3) is 0.167. The Bertz CT molecular complexity index is 1150. The zero-order chi connectivity index (χ0) is 17.3. The molecule has 0 saturated heterocycles. The van der Waals surface area contributed by atoms with Gasteiger partial charge >= 0.3 is 5.97 Å². The number of cyclic esters (lactones) is 1. The molecule has 3 aromatic rings. The lowest BCUT2D eigenvalue weighted by atomic mass is 10.0. The van der Waals surface area contributed by atoms with E-state index < -0.39 is 12.1 Å². The Morgan fingerprint density at radius 2 is 2.08 bits per heavy atom. The summed E-state index contributed by atoms with van der Waals surface area (Å²) in [5.74, 6) is -0.730. The highest BCUT2D eigenvalue weighted by molar-refractivity contribution is 9.10. The van der Waals surface area contributed by atoms with Crippen molar-refractivity contribution in [2.75, 3.05) is 0 Å². The standard InChI is InChI=1S/C18H11BrN2O4/c19-10-1-2-13-8(4-10)3-9-6-21-14(15(9)20-13)5-11-12(17(21)23)7-25-18(24)16(11)22/h1-5,16,22H,6-7H2. The van der Waals surface area contributed by atoms with Crippen LogP contribution in [-0.4, -0.2) is 20.6 Å². The van der Waals surface area contributed by atoms with E-state index >= 15 is 0 Å². The molecule has 6 nitrogen and oxygen atoms in total. The number of fused-ring (bicyclic) bond motifs is 5. The minimum Gasteiger partial charge on any atom is -0.458 e. The number of carbonyl (C=O) groups is 1. The van der Waals surface area contributed by atoms with Crippen molar-refractivity contribution < 1.29 is 14.6 Å². The molecule has 2 aliphatic rings. The van der Waals surface area contributed by atoms with Crippen LogP contribution in [0.4, 0.5) is 0 Å². The van der Waals surface area contributed by atoms with E-state index in [2.05, 4.69) is 15.9 Å². The Kier molecular flexibility index (Phi) is 2.96. The van der Waals surface area contributed by atoms with Gasteiger partial charge in [0.2, 0.25) is 0 Å². The normalized spacial score (nSPS) is 17.8. The molecule has 0 aliphatic carbocycles. The van der Waals surface area contributed by atoms with Gasteiger partial charge in [-0.1, -0.05) is 15.9 Å². The number of rotatable bonds is 0. The van der Waals surface area contributed by atoms with Gasteiger partial charge in [-0.05, 0) is 30.3 Å². The highest BCUT2D eigenvalue weighted by Crippen LogP contribution is 2.35. The van der Waals surface area contributed by atoms with Crippen LogP contribution in [0.3, 0.4) is 0 Å². The molecule has 25 heavy (non-hydrogen) atoms. The van der Waals surface area contributed by atoms with Crippen molar-refractivity contribution in [1.82, 2.24) is 9.55 Å². The smallest absolute Gasteiger partial charge is 0.340 e. The molecule has 1 atom stereocenters. The van der Waals surface area contributed by atoms with Gasteiger partial charge in [-0.25, -0.2) is 9.78 Å². The summed E-state index contributed by atoms with van der Waals surface area (Å²) in [6, 6.07) is 9.51. The summed E-state index contributed by atoms with van der Waals surface area (Å²) >= 11 is 3.45. The first-order valence-electron chi connectivity index (χ1n) is 7.74. The fourth-order valence-corrected chi connectivity index (χ4v) is 3.88. The van der Waals surface area contributed by atoms with Crippen molar-refractivity contribution >= 4 is 32.8 Å². The van der Waals surface area contributed by atoms with E-state index in [1.807, 2.05) is 24.3 Å². The van der Waals surface area contributed by atoms with Gasteiger partial charge in [0, 0.05) is 21.0 Å². The molecule has 7 heteroatoms. The lowest BCUT2D eigenvalue weighted by Crippen LogP contribution is -2.32. The largest absolute Gasteiger partial charge is 0.458 e. The van der Waals surface area contributed by atoms with Gasteiger partial charge in [-0.3, -0.25) is 4.79 Å². The van der Waals surface area contributed by atoms with Gasteiger partial charge in [0.15, 0.2) is 6.10 Å². The maximum atomic E-state index is 12.8. The maximum absolute atomic E-state index is 12.8. The number of aliphatic hydroxyl groups is 1. The third-order valence-corrected chi connectivity index (χ3v) is 5.23. The van der Waals surface area contributed by atoms with Crippen LogP contribution in [0.25, 0.3) is 22.3 Å². The first-order chi connectivity index (χ1) is 12.0. The van der Waals surface area contributed by atoms with Crippen LogP contribution in [-0.2, 0) is 22.7 Å². The van der Waals surface area contributed by atoms with Crippen LogP contribution < -0.4 is 5.56 Å². The molecule has 1 N–H and O–H groups in total. The quantitative estimate of drug-likeness (QED) is 0.459. The van der Waals surface area contributed by atoms with Gasteiger partial charge in [0.25, 0.3) is 5.56 Å². The molecule has 5 rings (SSSR count). The molecule has 0 amide bonds. The molecule has 0 spiro atoms. The lowest BCUT2D eigenvalue weighted by Gasteiger charge is -2.21. The second kappa shape index (κ2) is 5.00. The molecule has 0 fully saturated rings. The van der Waals surface area contributed by atoms with Gasteiger partial charge in [0.05, 0.1) is 29.0 Å². The van der Waals surface area contributed by atoms with E-state index in [0.717, 1.165) is 20.9 Å². The number of pyridine rings is 2. The van der Waals surface area contributed by atoms with Crippen molar-refractivity contribution in [2.45, 2.75) is 19.3 Å². The number of aromatic nitrogens is 2.